The largest absolute Gasteiger partial charge is 0.356 e. The van der Waals surface area contributed by atoms with Crippen LogP contribution < -0.4 is 15.5 Å². The Morgan fingerprint density at radius 1 is 1.21 bits per heavy atom. The highest BCUT2D eigenvalue weighted by Crippen LogP contribution is 2.27. The van der Waals surface area contributed by atoms with Gasteiger partial charge in [-0.15, -0.1) is 0 Å². The second-order valence-electron chi connectivity index (χ2n) is 7.79. The number of nitrogens with one attached hydrogen (secondary N) is 2. The molecule has 0 aromatic heterocycles. The zero-order valence-electron chi connectivity index (χ0n) is 17.4. The van der Waals surface area contributed by atoms with E-state index in [0.29, 0.717) is 12.5 Å². The Bertz CT molecular complexity index is 667. The first-order chi connectivity index (χ1) is 13.7. The summed E-state index contributed by atoms with van der Waals surface area (Å²) in [6.45, 7) is 7.34. The molecule has 2 aliphatic heterocycles. The van der Waals surface area contributed by atoms with Gasteiger partial charge in [-0.1, -0.05) is 25.1 Å². The molecule has 0 spiro atoms. The maximum atomic E-state index is 12.6. The first-order valence-electron chi connectivity index (χ1n) is 10.8. The topological polar surface area (TPSA) is 60.0 Å². The third kappa shape index (κ3) is 5.47. The van der Waals surface area contributed by atoms with E-state index >= 15 is 0 Å². The van der Waals surface area contributed by atoms with Gasteiger partial charge in [-0.2, -0.15) is 0 Å². The summed E-state index contributed by atoms with van der Waals surface area (Å²) in [4.78, 5) is 21.4. The minimum Gasteiger partial charge on any atom is -0.356 e. The van der Waals surface area contributed by atoms with Gasteiger partial charge in [0, 0.05) is 51.4 Å². The fraction of sp³-hybridized carbons (Fsp3) is 0.636. The van der Waals surface area contributed by atoms with Crippen molar-refractivity contribution in [2.24, 2.45) is 4.99 Å². The number of benzene rings is 1. The summed E-state index contributed by atoms with van der Waals surface area (Å²) in [5.41, 5.74) is 2.37. The molecule has 1 amide bonds. The predicted octanol–water partition coefficient (Wildman–Crippen LogP) is 2.40. The number of amides is 1. The molecule has 2 heterocycles. The maximum absolute atomic E-state index is 12.6. The number of hydrogen-bond donors (Lipinski definition) is 2. The number of hydrogen-bond acceptors (Lipinski definition) is 3. The van der Waals surface area contributed by atoms with E-state index < -0.39 is 0 Å². The molecule has 0 aliphatic carbocycles. The van der Waals surface area contributed by atoms with Crippen LogP contribution in [0.25, 0.3) is 0 Å². The molecule has 2 N–H and O–H groups in total. The van der Waals surface area contributed by atoms with E-state index in [1.54, 1.807) is 0 Å². The molecule has 1 aromatic rings. The van der Waals surface area contributed by atoms with Crippen molar-refractivity contribution in [1.82, 2.24) is 15.5 Å². The highest BCUT2D eigenvalue weighted by Gasteiger charge is 2.23. The van der Waals surface area contributed by atoms with Crippen LogP contribution in [-0.2, 0) is 11.2 Å². The predicted molar refractivity (Wildman–Crippen MR) is 116 cm³/mol. The molecule has 154 valence electrons. The van der Waals surface area contributed by atoms with E-state index in [9.17, 15) is 4.79 Å². The van der Waals surface area contributed by atoms with Gasteiger partial charge >= 0.3 is 0 Å². The van der Waals surface area contributed by atoms with Crippen molar-refractivity contribution >= 4 is 17.6 Å². The molecular formula is C22H35N5O. The van der Waals surface area contributed by atoms with Crippen LogP contribution in [0, 0.1) is 0 Å². The molecule has 0 bridgehead atoms. The second kappa shape index (κ2) is 10.5. The van der Waals surface area contributed by atoms with E-state index in [1.807, 2.05) is 24.1 Å². The van der Waals surface area contributed by atoms with E-state index in [2.05, 4.69) is 39.6 Å². The zero-order valence-corrected chi connectivity index (χ0v) is 17.4. The lowest BCUT2D eigenvalue weighted by molar-refractivity contribution is -0.118. The molecule has 1 fully saturated rings. The summed E-state index contributed by atoms with van der Waals surface area (Å²) < 4.78 is 0. The zero-order chi connectivity index (χ0) is 19.8. The fourth-order valence-corrected chi connectivity index (χ4v) is 4.18. The number of nitrogens with zero attached hydrogens (tertiary/aromatic N) is 3. The van der Waals surface area contributed by atoms with Crippen LogP contribution in [0.5, 0.6) is 0 Å². The Morgan fingerprint density at radius 3 is 2.75 bits per heavy atom. The average molecular weight is 386 g/mol. The van der Waals surface area contributed by atoms with E-state index in [1.165, 1.54) is 18.5 Å². The highest BCUT2D eigenvalue weighted by molar-refractivity contribution is 5.95. The van der Waals surface area contributed by atoms with Crippen LogP contribution >= 0.6 is 0 Å². The number of aliphatic imine (C=N–C) groups is 1. The second-order valence-corrected chi connectivity index (χ2v) is 7.79. The number of fused-ring (bicyclic) bond motifs is 1. The molecule has 6 nitrogen and oxygen atoms in total. The molecule has 0 radical (unpaired) electrons. The van der Waals surface area contributed by atoms with Gasteiger partial charge < -0.3 is 20.4 Å². The Hall–Kier alpha value is -2.08. The van der Waals surface area contributed by atoms with Crippen molar-refractivity contribution in [1.29, 1.82) is 0 Å². The van der Waals surface area contributed by atoms with Gasteiger partial charge in [0.15, 0.2) is 5.96 Å². The molecule has 0 unspecified atom stereocenters. The monoisotopic (exact) mass is 385 g/mol. The van der Waals surface area contributed by atoms with Crippen molar-refractivity contribution in [3.8, 4) is 0 Å². The van der Waals surface area contributed by atoms with Crippen LogP contribution in [0.4, 0.5) is 5.69 Å². The van der Waals surface area contributed by atoms with Crippen molar-refractivity contribution < 1.29 is 4.79 Å². The Balaban J connectivity index is 1.35. The van der Waals surface area contributed by atoms with Crippen molar-refractivity contribution in [2.75, 3.05) is 44.7 Å². The van der Waals surface area contributed by atoms with Crippen LogP contribution in [0.1, 0.15) is 44.6 Å². The summed E-state index contributed by atoms with van der Waals surface area (Å²) in [6, 6.07) is 8.71. The lowest BCUT2D eigenvalue weighted by Gasteiger charge is -2.32. The summed E-state index contributed by atoms with van der Waals surface area (Å²) in [7, 11) is 1.81. The minimum atomic E-state index is 0.220. The van der Waals surface area contributed by atoms with Gasteiger partial charge in [-0.05, 0) is 50.3 Å². The van der Waals surface area contributed by atoms with E-state index in [0.717, 1.165) is 63.5 Å². The van der Waals surface area contributed by atoms with Gasteiger partial charge in [0.05, 0.1) is 0 Å². The number of carbonyl (C=O) groups is 1. The quantitative estimate of drug-likeness (QED) is 0.430. The van der Waals surface area contributed by atoms with Crippen molar-refractivity contribution in [3.63, 3.8) is 0 Å². The summed E-state index contributed by atoms with van der Waals surface area (Å²) in [5.74, 6) is 1.07. The minimum absolute atomic E-state index is 0.220. The van der Waals surface area contributed by atoms with E-state index in [4.69, 9.17) is 0 Å². The molecule has 2 aliphatic rings. The number of carbonyl (C=O) groups excluding carboxylic acids is 1. The number of rotatable bonds is 7. The fourth-order valence-electron chi connectivity index (χ4n) is 4.18. The van der Waals surface area contributed by atoms with Gasteiger partial charge in [0.1, 0.15) is 0 Å². The lowest BCUT2D eigenvalue weighted by Crippen LogP contribution is -2.49. The van der Waals surface area contributed by atoms with Crippen LogP contribution in [0.15, 0.2) is 29.3 Å². The van der Waals surface area contributed by atoms with E-state index in [-0.39, 0.29) is 5.91 Å². The standard InChI is InChI=1S/C22H35N5O/c1-3-14-26-15-11-19(12-16-26)25-22(23-2)24-13-6-9-21(28)27-17-10-18-7-4-5-8-20(18)27/h4-5,7-8,19H,3,6,9-17H2,1-2H3,(H2,23,24,25). The summed E-state index contributed by atoms with van der Waals surface area (Å²) in [6.07, 6.45) is 5.89. The Morgan fingerprint density at radius 2 is 2.00 bits per heavy atom. The normalized spacial score (nSPS) is 18.2. The average Bonchev–Trinajstić information content (AvgIpc) is 3.16. The number of piperidine rings is 1. The van der Waals surface area contributed by atoms with Gasteiger partial charge in [-0.25, -0.2) is 0 Å². The molecule has 0 saturated carbocycles. The summed E-state index contributed by atoms with van der Waals surface area (Å²) >= 11 is 0. The summed E-state index contributed by atoms with van der Waals surface area (Å²) in [5, 5.41) is 6.91. The number of anilines is 1. The molecule has 1 saturated heterocycles. The van der Waals surface area contributed by atoms with Crippen LogP contribution in [0.3, 0.4) is 0 Å². The number of likely N-dealkylation sites (tertiary alicyclic amines) is 1. The van der Waals surface area contributed by atoms with Crippen LogP contribution in [0.2, 0.25) is 0 Å². The lowest BCUT2D eigenvalue weighted by atomic mass is 10.1. The van der Waals surface area contributed by atoms with Crippen LogP contribution in [-0.4, -0.2) is 62.6 Å². The highest BCUT2D eigenvalue weighted by atomic mass is 16.2. The van der Waals surface area contributed by atoms with Crippen molar-refractivity contribution in [2.45, 2.75) is 51.5 Å². The Labute approximate surface area is 169 Å². The molecule has 0 atom stereocenters. The SMILES string of the molecule is CCCN1CCC(NC(=NC)NCCCC(=O)N2CCc3ccccc32)CC1. The Kier molecular flexibility index (Phi) is 7.71. The molecule has 3 rings (SSSR count). The smallest absolute Gasteiger partial charge is 0.227 e. The van der Waals surface area contributed by atoms with Gasteiger partial charge in [0.2, 0.25) is 5.91 Å². The third-order valence-corrected chi connectivity index (χ3v) is 5.74. The first kappa shape index (κ1) is 20.6. The van der Waals surface area contributed by atoms with Crippen molar-refractivity contribution in [3.05, 3.63) is 29.8 Å². The molecule has 1 aromatic carbocycles. The molecule has 6 heteroatoms. The first-order valence-corrected chi connectivity index (χ1v) is 10.8. The number of guanidine groups is 1. The third-order valence-electron chi connectivity index (χ3n) is 5.74. The number of para-hydroxylation sites is 1. The van der Waals surface area contributed by atoms with Gasteiger partial charge in [-0.3, -0.25) is 9.79 Å². The molecule has 28 heavy (non-hydrogen) atoms. The van der Waals surface area contributed by atoms with Gasteiger partial charge in [0.25, 0.3) is 0 Å². The molecular weight excluding hydrogens is 350 g/mol. The maximum Gasteiger partial charge on any atom is 0.227 e.